The van der Waals surface area contributed by atoms with E-state index in [2.05, 4.69) is 30.9 Å². The van der Waals surface area contributed by atoms with E-state index in [1.54, 1.807) is 15.9 Å². The maximum absolute atomic E-state index is 13.6. The van der Waals surface area contributed by atoms with Crippen LogP contribution in [0.3, 0.4) is 0 Å². The summed E-state index contributed by atoms with van der Waals surface area (Å²) in [7, 11) is 0. The molecule has 2 aromatic heterocycles. The molecule has 164 valence electrons. The highest BCUT2D eigenvalue weighted by atomic mass is 32.1. The lowest BCUT2D eigenvalue weighted by molar-refractivity contribution is 0.934. The van der Waals surface area contributed by atoms with E-state index >= 15 is 0 Å². The Hall–Kier alpha value is -4.20. The van der Waals surface area contributed by atoms with Crippen LogP contribution in [-0.2, 0) is 0 Å². The molecule has 0 radical (unpaired) electrons. The summed E-state index contributed by atoms with van der Waals surface area (Å²) < 4.78 is 1.70. The van der Waals surface area contributed by atoms with E-state index in [-0.39, 0.29) is 5.56 Å². The molecule has 5 rings (SSSR count). The Labute approximate surface area is 202 Å². The molecular weight excluding hydrogens is 436 g/mol. The van der Waals surface area contributed by atoms with Gasteiger partial charge in [0.15, 0.2) is 0 Å². The van der Waals surface area contributed by atoms with Crippen LogP contribution in [0.15, 0.2) is 89.0 Å². The fourth-order valence-corrected chi connectivity index (χ4v) is 4.47. The fraction of sp³-hybridized carbons (Fsp3) is 0.0667. The van der Waals surface area contributed by atoms with E-state index < -0.39 is 0 Å². The van der Waals surface area contributed by atoms with E-state index in [0.29, 0.717) is 16.7 Å². The summed E-state index contributed by atoms with van der Waals surface area (Å²) in [5.74, 6) is 7.01. The summed E-state index contributed by atoms with van der Waals surface area (Å²) in [5, 5.41) is 2.61. The quantitative estimate of drug-likeness (QED) is 0.284. The molecule has 0 aliphatic rings. The van der Waals surface area contributed by atoms with Gasteiger partial charge in [-0.2, -0.15) is 0 Å². The summed E-state index contributed by atoms with van der Waals surface area (Å²) in [6, 6.07) is 25.6. The van der Waals surface area contributed by atoms with E-state index in [4.69, 9.17) is 4.98 Å². The van der Waals surface area contributed by atoms with Crippen LogP contribution >= 0.6 is 11.3 Å². The van der Waals surface area contributed by atoms with Crippen LogP contribution in [0, 0.1) is 25.7 Å². The van der Waals surface area contributed by atoms with Crippen LogP contribution in [0.4, 0.5) is 0 Å². The van der Waals surface area contributed by atoms with Crippen molar-refractivity contribution in [2.75, 3.05) is 0 Å². The number of hydrogen-bond acceptors (Lipinski definition) is 3. The predicted molar refractivity (Wildman–Crippen MR) is 142 cm³/mol. The number of aryl methyl sites for hydroxylation is 2. The molecule has 4 heteroatoms. The zero-order chi connectivity index (χ0) is 23.5. The van der Waals surface area contributed by atoms with Crippen molar-refractivity contribution in [1.82, 2.24) is 9.55 Å². The second-order valence-electron chi connectivity index (χ2n) is 8.05. The van der Waals surface area contributed by atoms with Crippen LogP contribution in [0.25, 0.3) is 28.7 Å². The number of aromatic nitrogens is 2. The average Bonchev–Trinajstić information content (AvgIpc) is 3.37. The van der Waals surface area contributed by atoms with Crippen molar-refractivity contribution in [2.45, 2.75) is 13.8 Å². The van der Waals surface area contributed by atoms with Crippen LogP contribution in [0.2, 0.25) is 0 Å². The number of rotatable bonds is 3. The molecule has 0 spiro atoms. The molecule has 0 aliphatic carbocycles. The Morgan fingerprint density at radius 3 is 2.47 bits per heavy atom. The highest BCUT2D eigenvalue weighted by Gasteiger charge is 2.13. The van der Waals surface area contributed by atoms with Crippen LogP contribution in [-0.4, -0.2) is 9.55 Å². The smallest absolute Gasteiger partial charge is 0.266 e. The lowest BCUT2D eigenvalue weighted by atomic mass is 10.1. The maximum atomic E-state index is 13.6. The second-order valence-corrected chi connectivity index (χ2v) is 8.99. The Bertz CT molecular complexity index is 1650. The first-order valence-corrected chi connectivity index (χ1v) is 11.9. The van der Waals surface area contributed by atoms with Crippen molar-refractivity contribution < 1.29 is 0 Å². The van der Waals surface area contributed by atoms with Crippen molar-refractivity contribution in [1.29, 1.82) is 0 Å². The van der Waals surface area contributed by atoms with Crippen molar-refractivity contribution in [2.24, 2.45) is 0 Å². The molecule has 3 nitrogen and oxygen atoms in total. The third-order valence-electron chi connectivity index (χ3n) is 5.69. The van der Waals surface area contributed by atoms with Crippen molar-refractivity contribution >= 4 is 34.4 Å². The molecular formula is C30H22N2OS. The topological polar surface area (TPSA) is 34.9 Å². The first-order valence-electron chi connectivity index (χ1n) is 11.0. The van der Waals surface area contributed by atoms with Crippen molar-refractivity contribution in [3.63, 3.8) is 0 Å². The lowest BCUT2D eigenvalue weighted by Crippen LogP contribution is -2.23. The highest BCUT2D eigenvalue weighted by molar-refractivity contribution is 7.10. The molecule has 0 N–H and O–H groups in total. The maximum Gasteiger partial charge on any atom is 0.266 e. The molecule has 3 aromatic carbocycles. The van der Waals surface area contributed by atoms with Gasteiger partial charge in [0, 0.05) is 5.56 Å². The van der Waals surface area contributed by atoms with E-state index in [1.807, 2.05) is 91.2 Å². The normalized spacial score (nSPS) is 11.0. The first kappa shape index (κ1) is 21.6. The van der Waals surface area contributed by atoms with Gasteiger partial charge >= 0.3 is 0 Å². The monoisotopic (exact) mass is 458 g/mol. The van der Waals surface area contributed by atoms with Gasteiger partial charge in [-0.25, -0.2) is 4.98 Å². The van der Waals surface area contributed by atoms with E-state index in [0.717, 1.165) is 27.3 Å². The average molecular weight is 459 g/mol. The second kappa shape index (κ2) is 9.35. The zero-order valence-corrected chi connectivity index (χ0v) is 19.8. The summed E-state index contributed by atoms with van der Waals surface area (Å²) in [6.45, 7) is 4.07. The molecule has 2 heterocycles. The number of thiophene rings is 1. The zero-order valence-electron chi connectivity index (χ0n) is 18.9. The summed E-state index contributed by atoms with van der Waals surface area (Å²) in [6.07, 6.45) is 3.93. The largest absolute Gasteiger partial charge is 0.268 e. The van der Waals surface area contributed by atoms with Crippen LogP contribution in [0.1, 0.15) is 33.0 Å². The van der Waals surface area contributed by atoms with E-state index in [1.165, 1.54) is 5.56 Å². The molecule has 0 saturated heterocycles. The SMILES string of the molecule is Cc1ccccc1/C=C/c1nc2ccccc2c(=O)n1-c1ccc(C#Cc2cccs2)cc1C. The van der Waals surface area contributed by atoms with Gasteiger partial charge in [0.05, 0.1) is 21.5 Å². The minimum Gasteiger partial charge on any atom is -0.268 e. The van der Waals surface area contributed by atoms with Gasteiger partial charge in [-0.05, 0) is 78.4 Å². The number of hydrogen-bond donors (Lipinski definition) is 0. The summed E-state index contributed by atoms with van der Waals surface area (Å²) >= 11 is 1.62. The minimum absolute atomic E-state index is 0.0875. The van der Waals surface area contributed by atoms with Gasteiger partial charge in [-0.1, -0.05) is 60.4 Å². The number of para-hydroxylation sites is 1. The van der Waals surface area contributed by atoms with Gasteiger partial charge in [0.2, 0.25) is 0 Å². The Morgan fingerprint density at radius 2 is 1.68 bits per heavy atom. The van der Waals surface area contributed by atoms with Crippen LogP contribution < -0.4 is 5.56 Å². The fourth-order valence-electron chi connectivity index (χ4n) is 3.90. The highest BCUT2D eigenvalue weighted by Crippen LogP contribution is 2.20. The Kier molecular flexibility index (Phi) is 5.95. The van der Waals surface area contributed by atoms with Gasteiger partial charge in [0.1, 0.15) is 5.82 Å². The molecule has 0 unspecified atom stereocenters. The third kappa shape index (κ3) is 4.34. The van der Waals surface area contributed by atoms with Crippen molar-refractivity contribution in [3.8, 4) is 17.5 Å². The van der Waals surface area contributed by atoms with Gasteiger partial charge in [-0.15, -0.1) is 11.3 Å². The minimum atomic E-state index is -0.0875. The molecule has 0 atom stereocenters. The van der Waals surface area contributed by atoms with Gasteiger partial charge in [0.25, 0.3) is 5.56 Å². The van der Waals surface area contributed by atoms with Gasteiger partial charge < -0.3 is 0 Å². The molecule has 0 fully saturated rings. The van der Waals surface area contributed by atoms with E-state index in [9.17, 15) is 4.79 Å². The molecule has 0 aliphatic heterocycles. The molecule has 0 bridgehead atoms. The first-order chi connectivity index (χ1) is 16.6. The number of benzene rings is 3. The van der Waals surface area contributed by atoms with Crippen LogP contribution in [0.5, 0.6) is 0 Å². The molecule has 0 saturated carbocycles. The molecule has 5 aromatic rings. The summed E-state index contributed by atoms with van der Waals surface area (Å²) in [4.78, 5) is 19.5. The van der Waals surface area contributed by atoms with Gasteiger partial charge in [-0.3, -0.25) is 9.36 Å². The Morgan fingerprint density at radius 1 is 0.853 bits per heavy atom. The summed E-state index contributed by atoms with van der Waals surface area (Å²) in [5.41, 5.74) is 5.52. The lowest BCUT2D eigenvalue weighted by Gasteiger charge is -2.14. The number of nitrogens with zero attached hydrogens (tertiary/aromatic N) is 2. The standard InChI is InChI=1S/C30H22N2OS/c1-21-8-3-4-9-24(21)15-18-29-31-27-12-6-5-11-26(27)30(33)32(29)28-17-14-23(20-22(28)2)13-16-25-10-7-19-34-25/h3-12,14-15,17-20H,1-2H3/b18-15+. The number of fused-ring (bicyclic) bond motifs is 1. The molecule has 0 amide bonds. The Balaban J connectivity index is 1.65. The van der Waals surface area contributed by atoms with Crippen molar-refractivity contribution in [3.05, 3.63) is 128 Å². The predicted octanol–water partition coefficient (Wildman–Crippen LogP) is 6.63. The molecule has 34 heavy (non-hydrogen) atoms. The third-order valence-corrected chi connectivity index (χ3v) is 6.48.